The Balaban J connectivity index is 1.66. The van der Waals surface area contributed by atoms with E-state index in [0.717, 1.165) is 17.3 Å². The summed E-state index contributed by atoms with van der Waals surface area (Å²) in [7, 11) is 0. The van der Waals surface area contributed by atoms with Crippen LogP contribution in [0.4, 0.5) is 5.69 Å². The first-order valence-corrected chi connectivity index (χ1v) is 8.54. The molecule has 0 aromatic heterocycles. The van der Waals surface area contributed by atoms with Crippen LogP contribution < -0.4 is 10.1 Å². The fourth-order valence-electron chi connectivity index (χ4n) is 2.22. The van der Waals surface area contributed by atoms with Crippen molar-refractivity contribution in [1.29, 1.82) is 5.26 Å². The van der Waals surface area contributed by atoms with E-state index in [0.29, 0.717) is 17.2 Å². The molecular formula is C19H15BrN2O3. The summed E-state index contributed by atoms with van der Waals surface area (Å²) in [6.45, 7) is 0. The van der Waals surface area contributed by atoms with Gasteiger partial charge in [0.05, 0.1) is 0 Å². The molecule has 126 valence electrons. The molecule has 2 aromatic carbocycles. The average Bonchev–Trinajstić information content (AvgIpc) is 3.44. The van der Waals surface area contributed by atoms with Gasteiger partial charge in [0.25, 0.3) is 5.91 Å². The Kier molecular flexibility index (Phi) is 5.05. The van der Waals surface area contributed by atoms with Crippen LogP contribution in [0.15, 0.2) is 64.3 Å². The third-order valence-corrected chi connectivity index (χ3v) is 4.25. The zero-order valence-corrected chi connectivity index (χ0v) is 14.8. The smallest absolute Gasteiger partial charge is 0.269 e. The van der Waals surface area contributed by atoms with E-state index in [2.05, 4.69) is 21.2 Å². The number of halogens is 1. The summed E-state index contributed by atoms with van der Waals surface area (Å²) in [6.07, 6.45) is 1.62. The van der Waals surface area contributed by atoms with E-state index in [-0.39, 0.29) is 17.3 Å². The van der Waals surface area contributed by atoms with E-state index < -0.39 is 5.91 Å². The molecule has 0 bridgehead atoms. The van der Waals surface area contributed by atoms with Crippen LogP contribution >= 0.6 is 15.9 Å². The van der Waals surface area contributed by atoms with Crippen LogP contribution in [0, 0.1) is 17.2 Å². The van der Waals surface area contributed by atoms with E-state index >= 15 is 0 Å². The van der Waals surface area contributed by atoms with Crippen molar-refractivity contribution in [2.45, 2.75) is 12.8 Å². The molecule has 25 heavy (non-hydrogen) atoms. The van der Waals surface area contributed by atoms with Gasteiger partial charge in [0.2, 0.25) is 0 Å². The number of carbonyl (C=O) groups is 1. The maximum absolute atomic E-state index is 12.1. The molecule has 0 unspecified atom stereocenters. The number of hydrogen-bond acceptors (Lipinski definition) is 4. The maximum atomic E-state index is 12.1. The number of aliphatic hydroxyl groups excluding tert-OH is 1. The highest BCUT2D eigenvalue weighted by Gasteiger charge is 2.30. The number of rotatable bonds is 5. The molecule has 0 saturated heterocycles. The highest BCUT2D eigenvalue weighted by atomic mass is 79.9. The molecule has 5 nitrogen and oxygen atoms in total. The molecule has 0 aliphatic heterocycles. The quantitative estimate of drug-likeness (QED) is 0.425. The zero-order chi connectivity index (χ0) is 17.8. The topological polar surface area (TPSA) is 82.4 Å². The van der Waals surface area contributed by atoms with Crippen LogP contribution in [0.25, 0.3) is 0 Å². The minimum atomic E-state index is -0.603. The van der Waals surface area contributed by atoms with Crippen molar-refractivity contribution in [2.24, 2.45) is 5.92 Å². The Bertz CT molecular complexity index is 848. The van der Waals surface area contributed by atoms with Gasteiger partial charge in [-0.15, -0.1) is 0 Å². The molecule has 0 heterocycles. The van der Waals surface area contributed by atoms with E-state index in [1.54, 1.807) is 30.3 Å². The van der Waals surface area contributed by atoms with Crippen molar-refractivity contribution >= 4 is 27.5 Å². The Morgan fingerprint density at radius 1 is 1.12 bits per heavy atom. The van der Waals surface area contributed by atoms with Gasteiger partial charge in [0.15, 0.2) is 5.57 Å². The number of carbonyl (C=O) groups excluding carboxylic acids is 1. The number of allylic oxidation sites excluding steroid dienone is 1. The van der Waals surface area contributed by atoms with Crippen LogP contribution in [0.5, 0.6) is 11.5 Å². The van der Waals surface area contributed by atoms with E-state index in [4.69, 9.17) is 10.00 Å². The standard InChI is InChI=1S/C19H15BrN2O3/c20-13-3-7-15(8-4-13)25-16-9-5-14(6-10-16)22-19(24)17(11-21)18(23)12-1-2-12/h3-10,12,23H,1-2H2,(H,22,24)/b18-17-. The Hall–Kier alpha value is -2.78. The number of amides is 1. The van der Waals surface area contributed by atoms with Gasteiger partial charge in [-0.05, 0) is 61.4 Å². The van der Waals surface area contributed by atoms with Crippen LogP contribution in [-0.4, -0.2) is 11.0 Å². The minimum Gasteiger partial charge on any atom is -0.510 e. The number of nitriles is 1. The first-order chi connectivity index (χ1) is 12.1. The fraction of sp³-hybridized carbons (Fsp3) is 0.158. The number of aliphatic hydroxyl groups is 1. The number of anilines is 1. The maximum Gasteiger partial charge on any atom is 0.269 e. The SMILES string of the molecule is N#C/C(C(=O)Nc1ccc(Oc2ccc(Br)cc2)cc1)=C(/O)C1CC1. The second-order valence-corrected chi connectivity index (χ2v) is 6.60. The van der Waals surface area contributed by atoms with Gasteiger partial charge in [-0.25, -0.2) is 0 Å². The van der Waals surface area contributed by atoms with Gasteiger partial charge in [-0.3, -0.25) is 4.79 Å². The predicted molar refractivity (Wildman–Crippen MR) is 97.3 cm³/mol. The lowest BCUT2D eigenvalue weighted by Crippen LogP contribution is -2.15. The lowest BCUT2D eigenvalue weighted by Gasteiger charge is -2.08. The van der Waals surface area contributed by atoms with E-state index in [1.165, 1.54) is 0 Å². The second kappa shape index (κ2) is 7.41. The molecule has 0 radical (unpaired) electrons. The normalized spacial score (nSPS) is 14.2. The van der Waals surface area contributed by atoms with Gasteiger partial charge in [0, 0.05) is 16.1 Å². The number of nitrogens with zero attached hydrogens (tertiary/aromatic N) is 1. The van der Waals surface area contributed by atoms with Gasteiger partial charge in [0.1, 0.15) is 23.3 Å². The fourth-order valence-corrected chi connectivity index (χ4v) is 2.49. The third kappa shape index (κ3) is 4.40. The first-order valence-electron chi connectivity index (χ1n) is 7.75. The number of ether oxygens (including phenoxy) is 1. The molecule has 0 atom stereocenters. The monoisotopic (exact) mass is 398 g/mol. The number of hydrogen-bond donors (Lipinski definition) is 2. The van der Waals surface area contributed by atoms with Crippen molar-refractivity contribution < 1.29 is 14.6 Å². The van der Waals surface area contributed by atoms with Gasteiger partial charge in [-0.1, -0.05) is 15.9 Å². The van der Waals surface area contributed by atoms with Crippen molar-refractivity contribution in [2.75, 3.05) is 5.32 Å². The molecule has 2 aromatic rings. The Labute approximate surface area is 153 Å². The van der Waals surface area contributed by atoms with E-state index in [1.807, 2.05) is 24.3 Å². The Morgan fingerprint density at radius 3 is 2.20 bits per heavy atom. The molecule has 1 amide bonds. The van der Waals surface area contributed by atoms with Crippen molar-refractivity contribution in [3.63, 3.8) is 0 Å². The molecular weight excluding hydrogens is 384 g/mol. The average molecular weight is 399 g/mol. The lowest BCUT2D eigenvalue weighted by molar-refractivity contribution is -0.112. The molecule has 3 rings (SSSR count). The number of nitrogens with one attached hydrogen (secondary N) is 1. The van der Waals surface area contributed by atoms with Crippen LogP contribution in [0.3, 0.4) is 0 Å². The third-order valence-electron chi connectivity index (χ3n) is 3.72. The minimum absolute atomic E-state index is 0.0536. The first kappa shape index (κ1) is 17.1. The highest BCUT2D eigenvalue weighted by molar-refractivity contribution is 9.10. The van der Waals surface area contributed by atoms with E-state index in [9.17, 15) is 9.90 Å². The lowest BCUT2D eigenvalue weighted by atomic mass is 10.1. The van der Waals surface area contributed by atoms with Crippen molar-refractivity contribution in [3.8, 4) is 17.6 Å². The summed E-state index contributed by atoms with van der Waals surface area (Å²) in [6, 6.07) is 16.0. The molecule has 1 aliphatic carbocycles. The van der Waals surface area contributed by atoms with Gasteiger partial charge >= 0.3 is 0 Å². The van der Waals surface area contributed by atoms with Crippen molar-refractivity contribution in [1.82, 2.24) is 0 Å². The van der Waals surface area contributed by atoms with Gasteiger partial charge < -0.3 is 15.2 Å². The summed E-state index contributed by atoms with van der Waals surface area (Å²) in [5.74, 6) is 0.548. The molecule has 1 aliphatic rings. The molecule has 2 N–H and O–H groups in total. The summed E-state index contributed by atoms with van der Waals surface area (Å²) in [4.78, 5) is 12.1. The predicted octanol–water partition coefficient (Wildman–Crippen LogP) is 4.93. The van der Waals surface area contributed by atoms with Gasteiger partial charge in [-0.2, -0.15) is 5.26 Å². The molecule has 0 spiro atoms. The van der Waals surface area contributed by atoms with Crippen molar-refractivity contribution in [3.05, 3.63) is 64.3 Å². The van der Waals surface area contributed by atoms with Crippen LogP contribution in [-0.2, 0) is 4.79 Å². The summed E-state index contributed by atoms with van der Waals surface area (Å²) >= 11 is 3.36. The molecule has 6 heteroatoms. The molecule has 1 saturated carbocycles. The largest absolute Gasteiger partial charge is 0.510 e. The van der Waals surface area contributed by atoms with Crippen LogP contribution in [0.2, 0.25) is 0 Å². The summed E-state index contributed by atoms with van der Waals surface area (Å²) in [5, 5.41) is 21.6. The van der Waals surface area contributed by atoms with Crippen LogP contribution in [0.1, 0.15) is 12.8 Å². The second-order valence-electron chi connectivity index (χ2n) is 5.68. The summed E-state index contributed by atoms with van der Waals surface area (Å²) in [5.41, 5.74) is 0.294. The zero-order valence-electron chi connectivity index (χ0n) is 13.2. The Morgan fingerprint density at radius 2 is 1.68 bits per heavy atom. The molecule has 1 fully saturated rings. The summed E-state index contributed by atoms with van der Waals surface area (Å²) < 4.78 is 6.67. The highest BCUT2D eigenvalue weighted by Crippen LogP contribution is 2.36. The number of benzene rings is 2.